The predicted molar refractivity (Wildman–Crippen MR) is 55.5 cm³/mol. The maximum absolute atomic E-state index is 4.25. The molecular formula is C11H7LiN4. The van der Waals surface area contributed by atoms with Crippen LogP contribution < -0.4 is 18.9 Å². The van der Waals surface area contributed by atoms with E-state index in [9.17, 15) is 0 Å². The summed E-state index contributed by atoms with van der Waals surface area (Å²) in [5, 5.41) is 5.07. The molecule has 0 radical (unpaired) electrons. The van der Waals surface area contributed by atoms with Gasteiger partial charge in [-0.1, -0.05) is 23.6 Å². The van der Waals surface area contributed by atoms with E-state index in [0.717, 1.165) is 16.7 Å². The Hall–Kier alpha value is -1.63. The van der Waals surface area contributed by atoms with E-state index in [1.807, 2.05) is 30.3 Å². The first-order valence-corrected chi connectivity index (χ1v) is 4.57. The minimum absolute atomic E-state index is 0. The molecule has 4 nitrogen and oxygen atoms in total. The van der Waals surface area contributed by atoms with E-state index < -0.39 is 0 Å². The van der Waals surface area contributed by atoms with E-state index in [-0.39, 0.29) is 18.9 Å². The molecule has 3 aromatic rings. The van der Waals surface area contributed by atoms with E-state index >= 15 is 0 Å². The van der Waals surface area contributed by atoms with Gasteiger partial charge in [0.1, 0.15) is 0 Å². The largest absolute Gasteiger partial charge is 1.00 e. The van der Waals surface area contributed by atoms with Gasteiger partial charge in [-0.15, -0.1) is 0 Å². The predicted octanol–water partition coefficient (Wildman–Crippen LogP) is -1.38. The van der Waals surface area contributed by atoms with Crippen molar-refractivity contribution >= 4 is 11.0 Å². The second kappa shape index (κ2) is 4.48. The van der Waals surface area contributed by atoms with Crippen LogP contribution in [0.2, 0.25) is 0 Å². The molecular weight excluding hydrogens is 195 g/mol. The standard InChI is InChI=1S/C11H7N4.Li/c1-2-4-10(5-3-1)15-11-9(7-14-15)6-12-8-13-11;/h1-5,7-8H;/q-1;+1. The van der Waals surface area contributed by atoms with Gasteiger partial charge in [0.25, 0.3) is 0 Å². The molecule has 2 aromatic heterocycles. The molecule has 0 aliphatic carbocycles. The number of fused-ring (bicyclic) bond motifs is 1. The van der Waals surface area contributed by atoms with Crippen molar-refractivity contribution in [3.63, 3.8) is 0 Å². The van der Waals surface area contributed by atoms with Gasteiger partial charge in [0, 0.05) is 6.33 Å². The van der Waals surface area contributed by atoms with Crippen molar-refractivity contribution in [1.29, 1.82) is 0 Å². The fraction of sp³-hybridized carbons (Fsp3) is 0. The van der Waals surface area contributed by atoms with Crippen molar-refractivity contribution in [2.24, 2.45) is 0 Å². The molecule has 2 heterocycles. The third kappa shape index (κ3) is 1.73. The van der Waals surface area contributed by atoms with Gasteiger partial charge in [0.05, 0.1) is 11.3 Å². The van der Waals surface area contributed by atoms with Gasteiger partial charge in [-0.05, 0) is 24.5 Å². The molecule has 0 bridgehead atoms. The zero-order chi connectivity index (χ0) is 10.1. The molecule has 0 amide bonds. The summed E-state index contributed by atoms with van der Waals surface area (Å²) in [5.74, 6) is 0. The van der Waals surface area contributed by atoms with Crippen molar-refractivity contribution < 1.29 is 18.9 Å². The van der Waals surface area contributed by atoms with Crippen LogP contribution in [-0.2, 0) is 0 Å². The molecule has 0 spiro atoms. The van der Waals surface area contributed by atoms with Crippen LogP contribution in [0.1, 0.15) is 0 Å². The van der Waals surface area contributed by atoms with E-state index in [0.29, 0.717) is 0 Å². The fourth-order valence-electron chi connectivity index (χ4n) is 1.49. The second-order valence-electron chi connectivity index (χ2n) is 3.11. The van der Waals surface area contributed by atoms with Gasteiger partial charge in [-0.2, -0.15) is 0 Å². The Morgan fingerprint density at radius 2 is 1.94 bits per heavy atom. The molecule has 0 saturated heterocycles. The topological polar surface area (TPSA) is 43.6 Å². The summed E-state index contributed by atoms with van der Waals surface area (Å²) in [6.45, 7) is 0. The summed E-state index contributed by atoms with van der Waals surface area (Å²) in [7, 11) is 0. The Bertz CT molecular complexity index is 591. The molecule has 0 unspecified atom stereocenters. The van der Waals surface area contributed by atoms with Crippen LogP contribution in [0.3, 0.4) is 0 Å². The number of benzene rings is 1. The van der Waals surface area contributed by atoms with Crippen LogP contribution in [0, 0.1) is 6.20 Å². The molecule has 16 heavy (non-hydrogen) atoms. The zero-order valence-electron chi connectivity index (χ0n) is 8.83. The van der Waals surface area contributed by atoms with Gasteiger partial charge < -0.3 is 9.97 Å². The Morgan fingerprint density at radius 3 is 2.75 bits per heavy atom. The van der Waals surface area contributed by atoms with Gasteiger partial charge in [-0.25, -0.2) is 5.10 Å². The van der Waals surface area contributed by atoms with Crippen molar-refractivity contribution in [3.8, 4) is 5.69 Å². The van der Waals surface area contributed by atoms with Crippen molar-refractivity contribution in [2.75, 3.05) is 0 Å². The van der Waals surface area contributed by atoms with Crippen molar-refractivity contribution in [3.05, 3.63) is 49.1 Å². The monoisotopic (exact) mass is 202 g/mol. The van der Waals surface area contributed by atoms with Crippen LogP contribution in [0.25, 0.3) is 16.7 Å². The first-order chi connectivity index (χ1) is 7.45. The van der Waals surface area contributed by atoms with Crippen LogP contribution in [0.4, 0.5) is 0 Å². The first kappa shape index (κ1) is 10.9. The van der Waals surface area contributed by atoms with Gasteiger partial charge in [0.2, 0.25) is 0 Å². The van der Waals surface area contributed by atoms with E-state index in [2.05, 4.69) is 21.3 Å². The number of rotatable bonds is 1. The van der Waals surface area contributed by atoms with Crippen LogP contribution in [0.5, 0.6) is 0 Å². The third-order valence-corrected chi connectivity index (χ3v) is 2.17. The summed E-state index contributed by atoms with van der Waals surface area (Å²) >= 11 is 0. The normalized spacial score (nSPS) is 10.0. The number of hydrogen-bond donors (Lipinski definition) is 0. The first-order valence-electron chi connectivity index (χ1n) is 4.57. The average Bonchev–Trinajstić information content (AvgIpc) is 2.74. The second-order valence-corrected chi connectivity index (χ2v) is 3.11. The minimum atomic E-state index is 0. The molecule has 0 fully saturated rings. The molecule has 0 aliphatic rings. The molecule has 0 N–H and O–H groups in total. The minimum Gasteiger partial charge on any atom is -0.341 e. The van der Waals surface area contributed by atoms with Gasteiger partial charge >= 0.3 is 18.9 Å². The molecule has 0 saturated carbocycles. The average molecular weight is 202 g/mol. The van der Waals surface area contributed by atoms with E-state index in [4.69, 9.17) is 0 Å². The van der Waals surface area contributed by atoms with Crippen molar-refractivity contribution in [1.82, 2.24) is 19.7 Å². The number of para-hydroxylation sites is 1. The summed E-state index contributed by atoms with van der Waals surface area (Å²) in [6.07, 6.45) is 6.03. The Morgan fingerprint density at radius 1 is 1.12 bits per heavy atom. The Balaban J connectivity index is 0.000000963. The molecule has 3 rings (SSSR count). The molecule has 0 aliphatic heterocycles. The smallest absolute Gasteiger partial charge is 0.341 e. The SMILES string of the molecule is [Li+].[c-]1ncnc2c1cnn2-c1ccccc1. The molecule has 5 heteroatoms. The van der Waals surface area contributed by atoms with E-state index in [1.165, 1.54) is 6.33 Å². The Kier molecular flexibility index (Phi) is 3.04. The molecule has 1 aromatic carbocycles. The Labute approximate surface area is 105 Å². The maximum Gasteiger partial charge on any atom is 1.00 e. The quantitative estimate of drug-likeness (QED) is 0.361. The van der Waals surface area contributed by atoms with Crippen LogP contribution in [0.15, 0.2) is 42.9 Å². The van der Waals surface area contributed by atoms with Gasteiger partial charge in [-0.3, -0.25) is 4.68 Å². The number of hydrogen-bond acceptors (Lipinski definition) is 3. The van der Waals surface area contributed by atoms with Crippen LogP contribution in [-0.4, -0.2) is 19.7 Å². The van der Waals surface area contributed by atoms with E-state index in [1.54, 1.807) is 10.9 Å². The summed E-state index contributed by atoms with van der Waals surface area (Å²) in [6, 6.07) is 9.86. The molecule has 0 atom stereocenters. The van der Waals surface area contributed by atoms with Crippen LogP contribution >= 0.6 is 0 Å². The summed E-state index contributed by atoms with van der Waals surface area (Å²) in [5.41, 5.74) is 1.76. The fourth-order valence-corrected chi connectivity index (χ4v) is 1.49. The number of nitrogens with zero attached hydrogens (tertiary/aromatic N) is 4. The summed E-state index contributed by atoms with van der Waals surface area (Å²) in [4.78, 5) is 8.01. The third-order valence-electron chi connectivity index (χ3n) is 2.17. The van der Waals surface area contributed by atoms with Gasteiger partial charge in [0.15, 0.2) is 0 Å². The summed E-state index contributed by atoms with van der Waals surface area (Å²) < 4.78 is 1.77. The zero-order valence-corrected chi connectivity index (χ0v) is 8.83. The van der Waals surface area contributed by atoms with Crippen molar-refractivity contribution in [2.45, 2.75) is 0 Å². The molecule has 72 valence electrons. The number of aromatic nitrogens is 4. The maximum atomic E-state index is 4.25.